The van der Waals surface area contributed by atoms with Crippen molar-refractivity contribution < 1.29 is 9.53 Å². The van der Waals surface area contributed by atoms with Gasteiger partial charge < -0.3 is 14.5 Å². The lowest BCUT2D eigenvalue weighted by molar-refractivity contribution is 0.0228. The number of hydrogen-bond acceptors (Lipinski definition) is 7. The van der Waals surface area contributed by atoms with E-state index in [9.17, 15) is 4.79 Å². The van der Waals surface area contributed by atoms with E-state index in [2.05, 4.69) is 86.4 Å². The number of thioether (sulfide) groups is 2. The number of ether oxygens (including phenoxy) is 1. The van der Waals surface area contributed by atoms with Gasteiger partial charge >= 0.3 is 5.97 Å². The van der Waals surface area contributed by atoms with Crippen LogP contribution < -0.4 is 9.80 Å². The molecule has 4 rings (SSSR count). The summed E-state index contributed by atoms with van der Waals surface area (Å²) in [6.45, 7) is 12.4. The highest BCUT2D eigenvalue weighted by Gasteiger charge is 2.52. The fourth-order valence-electron chi connectivity index (χ4n) is 5.12. The minimum Gasteiger partial charge on any atom is -0.439 e. The molecule has 0 radical (unpaired) electrons. The lowest BCUT2D eigenvalue weighted by Gasteiger charge is -2.34. The number of carbonyl (C=O) groups excluding carboxylic acids is 1. The number of rotatable bonds is 10. The zero-order valence-corrected chi connectivity index (χ0v) is 23.6. The molecule has 0 saturated carbocycles. The van der Waals surface area contributed by atoms with Crippen LogP contribution in [0.25, 0.3) is 0 Å². The summed E-state index contributed by atoms with van der Waals surface area (Å²) in [5.41, 5.74) is 4.29. The monoisotopic (exact) mass is 521 g/mol. The van der Waals surface area contributed by atoms with E-state index in [0.29, 0.717) is 11.3 Å². The minimum atomic E-state index is -1.12. The minimum absolute atomic E-state index is 0.335. The Balaban J connectivity index is 2.02. The summed E-state index contributed by atoms with van der Waals surface area (Å²) in [5, 5.41) is 0. The Hall–Kier alpha value is -2.64. The number of esters is 1. The standard InChI is InChI=1S/C29H35N3O2S2/c1-7-31(8-2)20-13-15-23(25(18-20)35-5)29(27-22(28(33)34-29)12-11-17-30-27)24-16-14-21(19-26(24)36-6)32(9-3)10-4/h11-19H,7-10H2,1-6H3. The third-order valence-corrected chi connectivity index (χ3v) is 8.55. The number of carbonyl (C=O) groups is 1. The summed E-state index contributed by atoms with van der Waals surface area (Å²) in [6, 6.07) is 16.6. The molecule has 1 aromatic heterocycles. The van der Waals surface area contributed by atoms with Crippen LogP contribution in [0.4, 0.5) is 11.4 Å². The lowest BCUT2D eigenvalue weighted by Crippen LogP contribution is -2.32. The fraction of sp³-hybridized carbons (Fsp3) is 0.379. The van der Waals surface area contributed by atoms with Crippen LogP contribution in [0.15, 0.2) is 64.5 Å². The van der Waals surface area contributed by atoms with Gasteiger partial charge in [-0.3, -0.25) is 4.98 Å². The zero-order chi connectivity index (χ0) is 25.9. The van der Waals surface area contributed by atoms with E-state index in [1.165, 1.54) is 0 Å². The Kier molecular flexibility index (Phi) is 8.20. The first-order valence-electron chi connectivity index (χ1n) is 12.5. The molecule has 190 valence electrons. The van der Waals surface area contributed by atoms with Crippen LogP contribution in [0.2, 0.25) is 0 Å². The van der Waals surface area contributed by atoms with Gasteiger partial charge in [0.2, 0.25) is 5.60 Å². The molecule has 0 saturated heterocycles. The molecular formula is C29H35N3O2S2. The number of pyridine rings is 1. The fourth-order valence-corrected chi connectivity index (χ4v) is 6.46. The van der Waals surface area contributed by atoms with Crippen molar-refractivity contribution in [3.63, 3.8) is 0 Å². The second-order valence-electron chi connectivity index (χ2n) is 8.58. The van der Waals surface area contributed by atoms with Crippen molar-refractivity contribution in [1.82, 2.24) is 4.98 Å². The maximum atomic E-state index is 13.3. The number of benzene rings is 2. The summed E-state index contributed by atoms with van der Waals surface area (Å²) in [4.78, 5) is 24.8. The summed E-state index contributed by atoms with van der Waals surface area (Å²) in [6.07, 6.45) is 5.91. The molecule has 1 aliphatic heterocycles. The lowest BCUT2D eigenvalue weighted by atomic mass is 9.82. The summed E-state index contributed by atoms with van der Waals surface area (Å²) < 4.78 is 6.43. The highest BCUT2D eigenvalue weighted by molar-refractivity contribution is 7.99. The maximum Gasteiger partial charge on any atom is 0.341 e. The number of cyclic esters (lactones) is 1. The van der Waals surface area contributed by atoms with E-state index >= 15 is 0 Å². The number of hydrogen-bond donors (Lipinski definition) is 0. The SMILES string of the molecule is CCN(CC)c1ccc(C2(c3ccc(N(CC)CC)cc3SC)OC(=O)c3cccnc32)c(SC)c1. The van der Waals surface area contributed by atoms with Gasteiger partial charge in [-0.05, 0) is 76.6 Å². The van der Waals surface area contributed by atoms with Gasteiger partial charge in [-0.2, -0.15) is 0 Å². The van der Waals surface area contributed by atoms with E-state index in [1.807, 2.05) is 6.07 Å². The van der Waals surface area contributed by atoms with Gasteiger partial charge in [0.05, 0.1) is 5.56 Å². The topological polar surface area (TPSA) is 45.7 Å². The molecule has 0 amide bonds. The smallest absolute Gasteiger partial charge is 0.341 e. The van der Waals surface area contributed by atoms with Crippen molar-refractivity contribution in [2.45, 2.75) is 43.1 Å². The molecule has 3 aromatic rings. The normalized spacial score (nSPS) is 13.9. The molecular weight excluding hydrogens is 486 g/mol. The van der Waals surface area contributed by atoms with Crippen LogP contribution in [0.1, 0.15) is 54.9 Å². The first kappa shape index (κ1) is 26.4. The molecule has 5 nitrogen and oxygen atoms in total. The van der Waals surface area contributed by atoms with Gasteiger partial charge in [0.25, 0.3) is 0 Å². The highest BCUT2D eigenvalue weighted by atomic mass is 32.2. The predicted molar refractivity (Wildman–Crippen MR) is 153 cm³/mol. The first-order valence-corrected chi connectivity index (χ1v) is 15.0. The van der Waals surface area contributed by atoms with Crippen molar-refractivity contribution in [2.24, 2.45) is 0 Å². The quantitative estimate of drug-likeness (QED) is 0.218. The highest BCUT2D eigenvalue weighted by Crippen LogP contribution is 2.51. The van der Waals surface area contributed by atoms with Crippen LogP contribution in [0.5, 0.6) is 0 Å². The predicted octanol–water partition coefficient (Wildman–Crippen LogP) is 6.68. The Morgan fingerprint density at radius 2 is 1.31 bits per heavy atom. The second-order valence-corrected chi connectivity index (χ2v) is 10.3. The maximum absolute atomic E-state index is 13.3. The van der Waals surface area contributed by atoms with Crippen molar-refractivity contribution in [3.05, 3.63) is 77.1 Å². The third-order valence-electron chi connectivity index (χ3n) is 6.99. The number of aromatic nitrogens is 1. The van der Waals surface area contributed by atoms with Crippen molar-refractivity contribution in [1.29, 1.82) is 0 Å². The van der Waals surface area contributed by atoms with Crippen LogP contribution in [-0.2, 0) is 10.3 Å². The number of nitrogens with zero attached hydrogens (tertiary/aromatic N) is 3. The summed E-state index contributed by atoms with van der Waals surface area (Å²) >= 11 is 3.34. The van der Waals surface area contributed by atoms with Gasteiger partial charge in [-0.1, -0.05) is 12.1 Å². The Bertz CT molecular complexity index is 1180. The summed E-state index contributed by atoms with van der Waals surface area (Å²) in [5.74, 6) is -0.335. The Morgan fingerprint density at radius 3 is 1.75 bits per heavy atom. The van der Waals surface area contributed by atoms with Crippen LogP contribution in [-0.4, -0.2) is 49.6 Å². The molecule has 7 heteroatoms. The first-order chi connectivity index (χ1) is 17.5. The molecule has 0 atom stereocenters. The molecule has 2 aromatic carbocycles. The molecule has 0 bridgehead atoms. The van der Waals surface area contributed by atoms with Crippen molar-refractivity contribution in [3.8, 4) is 0 Å². The molecule has 0 unspecified atom stereocenters. The van der Waals surface area contributed by atoms with Crippen molar-refractivity contribution in [2.75, 3.05) is 48.5 Å². The number of fused-ring (bicyclic) bond motifs is 1. The third kappa shape index (κ3) is 4.37. The Morgan fingerprint density at radius 1 is 0.806 bits per heavy atom. The summed E-state index contributed by atoms with van der Waals surface area (Å²) in [7, 11) is 0. The van der Waals surface area contributed by atoms with Crippen LogP contribution in [0.3, 0.4) is 0 Å². The largest absolute Gasteiger partial charge is 0.439 e. The van der Waals surface area contributed by atoms with Gasteiger partial charge in [0.1, 0.15) is 5.69 Å². The average molecular weight is 522 g/mol. The van der Waals surface area contributed by atoms with Gasteiger partial charge in [0.15, 0.2) is 0 Å². The van der Waals surface area contributed by atoms with E-state index in [1.54, 1.807) is 35.8 Å². The molecule has 0 fully saturated rings. The zero-order valence-electron chi connectivity index (χ0n) is 22.0. The van der Waals surface area contributed by atoms with Crippen molar-refractivity contribution >= 4 is 40.9 Å². The average Bonchev–Trinajstić information content (AvgIpc) is 3.22. The van der Waals surface area contributed by atoms with E-state index in [0.717, 1.165) is 58.5 Å². The molecule has 0 aliphatic carbocycles. The van der Waals surface area contributed by atoms with E-state index in [4.69, 9.17) is 9.72 Å². The second kappa shape index (κ2) is 11.2. The van der Waals surface area contributed by atoms with Gasteiger partial charge in [0, 0.05) is 64.7 Å². The van der Waals surface area contributed by atoms with Gasteiger partial charge in [-0.25, -0.2) is 4.79 Å². The number of anilines is 2. The van der Waals surface area contributed by atoms with Gasteiger partial charge in [-0.15, -0.1) is 23.5 Å². The van der Waals surface area contributed by atoms with Crippen LogP contribution >= 0.6 is 23.5 Å². The molecule has 1 aliphatic rings. The van der Waals surface area contributed by atoms with Crippen LogP contribution in [0, 0.1) is 0 Å². The molecule has 36 heavy (non-hydrogen) atoms. The Labute approximate surface area is 223 Å². The molecule has 0 spiro atoms. The van der Waals surface area contributed by atoms with E-state index in [-0.39, 0.29) is 5.97 Å². The van der Waals surface area contributed by atoms with E-state index < -0.39 is 5.60 Å². The molecule has 0 N–H and O–H groups in total. The molecule has 2 heterocycles.